The van der Waals surface area contributed by atoms with Crippen LogP contribution in [-0.4, -0.2) is 47.7 Å². The molecule has 0 aromatic carbocycles. The van der Waals surface area contributed by atoms with Crippen LogP contribution in [-0.2, 0) is 9.53 Å². The van der Waals surface area contributed by atoms with E-state index < -0.39 is 31.2 Å². The summed E-state index contributed by atoms with van der Waals surface area (Å²) in [5, 5.41) is 26.8. The number of hydrogen-bond acceptors (Lipinski definition) is 5. The molecule has 0 aliphatic rings. The van der Waals surface area contributed by atoms with E-state index in [1.54, 1.807) is 13.8 Å². The molecule has 5 nitrogen and oxygen atoms in total. The molecule has 0 unspecified atom stereocenters. The largest absolute Gasteiger partial charge is 0.462 e. The Labute approximate surface area is 89.0 Å². The van der Waals surface area contributed by atoms with Gasteiger partial charge in [0.05, 0.1) is 25.2 Å². The van der Waals surface area contributed by atoms with E-state index in [9.17, 15) is 4.79 Å². The van der Waals surface area contributed by atoms with E-state index in [1.807, 2.05) is 0 Å². The Morgan fingerprint density at radius 3 is 2.00 bits per heavy atom. The van der Waals surface area contributed by atoms with Gasteiger partial charge in [0.2, 0.25) is 0 Å². The van der Waals surface area contributed by atoms with Crippen molar-refractivity contribution in [1.82, 2.24) is 0 Å². The first-order valence-electron chi connectivity index (χ1n) is 4.64. The minimum Gasteiger partial charge on any atom is -0.462 e. The molecular formula is C10H18O5. The molecular weight excluding hydrogens is 200 g/mol. The number of carbonyl (C=O) groups is 1. The second-order valence-electron chi connectivity index (χ2n) is 3.80. The molecule has 0 spiro atoms. The van der Waals surface area contributed by atoms with Crippen LogP contribution in [0.1, 0.15) is 13.8 Å². The van der Waals surface area contributed by atoms with Crippen LogP contribution in [0.2, 0.25) is 0 Å². The van der Waals surface area contributed by atoms with E-state index >= 15 is 0 Å². The van der Waals surface area contributed by atoms with Crippen LogP contribution in [0.15, 0.2) is 11.6 Å². The second kappa shape index (κ2) is 6.55. The first-order chi connectivity index (χ1) is 6.99. The van der Waals surface area contributed by atoms with Gasteiger partial charge in [-0.3, -0.25) is 0 Å². The summed E-state index contributed by atoms with van der Waals surface area (Å²) in [6.07, 6.45) is 1.30. The van der Waals surface area contributed by atoms with Crippen molar-refractivity contribution in [3.8, 4) is 0 Å². The van der Waals surface area contributed by atoms with Crippen molar-refractivity contribution in [3.63, 3.8) is 0 Å². The van der Waals surface area contributed by atoms with Gasteiger partial charge in [-0.25, -0.2) is 4.79 Å². The van der Waals surface area contributed by atoms with E-state index in [2.05, 4.69) is 0 Å². The molecule has 0 saturated carbocycles. The van der Waals surface area contributed by atoms with Gasteiger partial charge in [0, 0.05) is 6.08 Å². The average molecular weight is 218 g/mol. The molecule has 88 valence electrons. The standard InChI is InChI=1S/C10H18O5/c1-8(2)3-9(14)15-7-10(4-11,5-12)6-13/h3,11-13H,4-7H2,1-2H3. The molecule has 5 heteroatoms. The first-order valence-corrected chi connectivity index (χ1v) is 4.64. The molecule has 0 atom stereocenters. The monoisotopic (exact) mass is 218 g/mol. The number of aliphatic hydroxyl groups is 3. The maximum atomic E-state index is 11.1. The highest BCUT2D eigenvalue weighted by molar-refractivity contribution is 5.82. The zero-order chi connectivity index (χ0) is 11.9. The van der Waals surface area contributed by atoms with Crippen LogP contribution < -0.4 is 0 Å². The number of aliphatic hydroxyl groups excluding tert-OH is 3. The highest BCUT2D eigenvalue weighted by atomic mass is 16.5. The third-order valence-corrected chi connectivity index (χ3v) is 1.93. The fourth-order valence-corrected chi connectivity index (χ4v) is 0.789. The summed E-state index contributed by atoms with van der Waals surface area (Å²) in [5.74, 6) is -0.547. The summed E-state index contributed by atoms with van der Waals surface area (Å²) in [6, 6.07) is 0. The molecule has 0 aliphatic carbocycles. The summed E-state index contributed by atoms with van der Waals surface area (Å²) in [5.41, 5.74) is -0.367. The van der Waals surface area contributed by atoms with Crippen LogP contribution in [0.25, 0.3) is 0 Å². The van der Waals surface area contributed by atoms with Crippen molar-refractivity contribution in [2.75, 3.05) is 26.4 Å². The van der Waals surface area contributed by atoms with Gasteiger partial charge in [0.15, 0.2) is 0 Å². The van der Waals surface area contributed by atoms with Crippen LogP contribution in [0.5, 0.6) is 0 Å². The van der Waals surface area contributed by atoms with E-state index in [0.29, 0.717) is 0 Å². The van der Waals surface area contributed by atoms with Gasteiger partial charge in [0.1, 0.15) is 6.61 Å². The van der Waals surface area contributed by atoms with E-state index in [4.69, 9.17) is 20.1 Å². The van der Waals surface area contributed by atoms with E-state index in [1.165, 1.54) is 6.08 Å². The Balaban J connectivity index is 4.23. The molecule has 15 heavy (non-hydrogen) atoms. The number of allylic oxidation sites excluding steroid dienone is 1. The highest BCUT2D eigenvalue weighted by Gasteiger charge is 2.29. The molecule has 0 bridgehead atoms. The Kier molecular flexibility index (Phi) is 6.15. The predicted molar refractivity (Wildman–Crippen MR) is 54.1 cm³/mol. The Hall–Kier alpha value is -0.910. The Morgan fingerprint density at radius 2 is 1.67 bits per heavy atom. The minimum atomic E-state index is -1.16. The fraction of sp³-hybridized carbons (Fsp3) is 0.700. The summed E-state index contributed by atoms with van der Waals surface area (Å²) in [4.78, 5) is 11.1. The lowest BCUT2D eigenvalue weighted by Gasteiger charge is -2.26. The van der Waals surface area contributed by atoms with Crippen LogP contribution in [0.4, 0.5) is 0 Å². The van der Waals surface area contributed by atoms with Crippen molar-refractivity contribution in [1.29, 1.82) is 0 Å². The number of ether oxygens (including phenoxy) is 1. The zero-order valence-electron chi connectivity index (χ0n) is 9.06. The molecule has 3 N–H and O–H groups in total. The predicted octanol–water partition coefficient (Wildman–Crippen LogP) is -0.541. The van der Waals surface area contributed by atoms with E-state index in [0.717, 1.165) is 5.57 Å². The SMILES string of the molecule is CC(C)=CC(=O)OCC(CO)(CO)CO. The molecule has 0 aromatic rings. The number of esters is 1. The third kappa shape index (κ3) is 4.92. The molecule has 0 heterocycles. The van der Waals surface area contributed by atoms with Crippen LogP contribution >= 0.6 is 0 Å². The maximum absolute atomic E-state index is 11.1. The van der Waals surface area contributed by atoms with Crippen molar-refractivity contribution in [2.24, 2.45) is 5.41 Å². The van der Waals surface area contributed by atoms with Crippen LogP contribution in [0, 0.1) is 5.41 Å². The van der Waals surface area contributed by atoms with Gasteiger partial charge in [0.25, 0.3) is 0 Å². The Bertz CT molecular complexity index is 218. The van der Waals surface area contributed by atoms with Crippen molar-refractivity contribution >= 4 is 5.97 Å². The van der Waals surface area contributed by atoms with Crippen molar-refractivity contribution in [3.05, 3.63) is 11.6 Å². The zero-order valence-corrected chi connectivity index (χ0v) is 9.06. The summed E-state index contributed by atoms with van der Waals surface area (Å²) in [7, 11) is 0. The lowest BCUT2D eigenvalue weighted by Crippen LogP contribution is -2.39. The van der Waals surface area contributed by atoms with Gasteiger partial charge >= 0.3 is 5.97 Å². The van der Waals surface area contributed by atoms with Crippen LogP contribution in [0.3, 0.4) is 0 Å². The molecule has 0 aromatic heterocycles. The van der Waals surface area contributed by atoms with Gasteiger partial charge in [-0.05, 0) is 13.8 Å². The van der Waals surface area contributed by atoms with Crippen molar-refractivity contribution < 1.29 is 24.9 Å². The smallest absolute Gasteiger partial charge is 0.330 e. The molecule has 0 aliphatic heterocycles. The van der Waals surface area contributed by atoms with E-state index in [-0.39, 0.29) is 6.61 Å². The lowest BCUT2D eigenvalue weighted by molar-refractivity contribution is -0.145. The quantitative estimate of drug-likeness (QED) is 0.411. The molecule has 0 radical (unpaired) electrons. The van der Waals surface area contributed by atoms with Crippen molar-refractivity contribution in [2.45, 2.75) is 13.8 Å². The molecule has 0 saturated heterocycles. The maximum Gasteiger partial charge on any atom is 0.330 e. The third-order valence-electron chi connectivity index (χ3n) is 1.93. The van der Waals surface area contributed by atoms with Gasteiger partial charge in [-0.1, -0.05) is 5.57 Å². The summed E-state index contributed by atoms with van der Waals surface area (Å²) in [6.45, 7) is 1.96. The van der Waals surface area contributed by atoms with Gasteiger partial charge < -0.3 is 20.1 Å². The second-order valence-corrected chi connectivity index (χ2v) is 3.80. The molecule has 0 amide bonds. The lowest BCUT2D eigenvalue weighted by atomic mass is 9.93. The number of rotatable bonds is 6. The summed E-state index contributed by atoms with van der Waals surface area (Å²) >= 11 is 0. The van der Waals surface area contributed by atoms with Gasteiger partial charge in [-0.2, -0.15) is 0 Å². The first kappa shape index (κ1) is 14.1. The topological polar surface area (TPSA) is 87.0 Å². The van der Waals surface area contributed by atoms with Gasteiger partial charge in [-0.15, -0.1) is 0 Å². The summed E-state index contributed by atoms with van der Waals surface area (Å²) < 4.78 is 4.80. The highest BCUT2D eigenvalue weighted by Crippen LogP contribution is 2.15. The fourth-order valence-electron chi connectivity index (χ4n) is 0.789. The average Bonchev–Trinajstić information content (AvgIpc) is 2.20. The number of carbonyl (C=O) groups excluding carboxylic acids is 1. The normalized spacial score (nSPS) is 11.0. The molecule has 0 fully saturated rings. The Morgan fingerprint density at radius 1 is 1.20 bits per heavy atom. The molecule has 0 rings (SSSR count). The number of hydrogen-bond donors (Lipinski definition) is 3. The minimum absolute atomic E-state index is 0.209.